The number of fused-ring (bicyclic) bond motifs is 7. The minimum absolute atomic E-state index is 0.118. The van der Waals surface area contributed by atoms with Gasteiger partial charge >= 0.3 is 0 Å². The molecule has 8 rings (SSSR count). The maximum Gasteiger partial charge on any atom is 0.185 e. The van der Waals surface area contributed by atoms with Crippen LogP contribution in [-0.2, 0) is 4.79 Å². The number of hydrogen-bond acceptors (Lipinski definition) is 7. The summed E-state index contributed by atoms with van der Waals surface area (Å²) in [5.41, 5.74) is 0.557. The summed E-state index contributed by atoms with van der Waals surface area (Å²) >= 11 is 0. The van der Waals surface area contributed by atoms with Gasteiger partial charge < -0.3 is 20.1 Å². The van der Waals surface area contributed by atoms with Crippen molar-refractivity contribution in [2.24, 2.45) is 40.4 Å². The number of H-pyrrole nitrogens is 1. The molecule has 0 radical (unpaired) electrons. The highest BCUT2D eigenvalue weighted by Crippen LogP contribution is 2.68. The van der Waals surface area contributed by atoms with Gasteiger partial charge in [-0.1, -0.05) is 25.3 Å². The van der Waals surface area contributed by atoms with Crippen molar-refractivity contribution in [3.05, 3.63) is 30.2 Å². The molecule has 5 fully saturated rings. The normalized spacial score (nSPS) is 45.7. The van der Waals surface area contributed by atoms with Gasteiger partial charge in [-0.15, -0.1) is 6.42 Å². The van der Waals surface area contributed by atoms with Crippen molar-refractivity contribution in [1.29, 1.82) is 0 Å². The largest absolute Gasteiger partial charge is 0.383 e. The fraction of sp³-hybridized carbons (Fsp3) is 0.686. The number of aliphatic hydroxyl groups is 2. The maximum atomic E-state index is 13.3. The van der Waals surface area contributed by atoms with E-state index < -0.39 is 11.7 Å². The van der Waals surface area contributed by atoms with Crippen molar-refractivity contribution in [1.82, 2.24) is 19.9 Å². The molecule has 8 nitrogen and oxygen atoms in total. The quantitative estimate of drug-likeness (QED) is 0.470. The first-order valence-electron chi connectivity index (χ1n) is 16.5. The second kappa shape index (κ2) is 9.39. The molecular formula is C35H45N5O3. The van der Waals surface area contributed by atoms with Crippen LogP contribution in [0.5, 0.6) is 0 Å². The van der Waals surface area contributed by atoms with Crippen LogP contribution in [0.2, 0.25) is 0 Å². The molecular weight excluding hydrogens is 538 g/mol. The summed E-state index contributed by atoms with van der Waals surface area (Å²) in [6.45, 7) is 6.43. The highest BCUT2D eigenvalue weighted by Gasteiger charge is 2.66. The smallest absolute Gasteiger partial charge is 0.185 e. The zero-order chi connectivity index (χ0) is 29.9. The lowest BCUT2D eigenvalue weighted by Gasteiger charge is -2.62. The number of likely N-dealkylation sites (tertiary alicyclic amines) is 1. The molecule has 3 N–H and O–H groups in total. The van der Waals surface area contributed by atoms with Crippen molar-refractivity contribution >= 4 is 22.6 Å². The molecule has 0 aromatic carbocycles. The molecule has 2 aromatic rings. The third-order valence-corrected chi connectivity index (χ3v) is 13.9. The molecule has 6 aliphatic rings. The second-order valence-corrected chi connectivity index (χ2v) is 15.3. The van der Waals surface area contributed by atoms with Gasteiger partial charge in [0.25, 0.3) is 0 Å². The number of ketones is 1. The first kappa shape index (κ1) is 27.8. The van der Waals surface area contributed by atoms with E-state index in [4.69, 9.17) is 6.42 Å². The Labute approximate surface area is 254 Å². The van der Waals surface area contributed by atoms with Crippen molar-refractivity contribution in [3.8, 4) is 12.3 Å². The third kappa shape index (κ3) is 3.65. The van der Waals surface area contributed by atoms with Gasteiger partial charge in [0.05, 0.1) is 11.4 Å². The van der Waals surface area contributed by atoms with E-state index in [1.807, 2.05) is 12.3 Å². The highest BCUT2D eigenvalue weighted by atomic mass is 16.3. The van der Waals surface area contributed by atoms with E-state index in [1.165, 1.54) is 5.57 Å². The predicted molar refractivity (Wildman–Crippen MR) is 165 cm³/mol. The van der Waals surface area contributed by atoms with Gasteiger partial charge in [-0.25, -0.2) is 9.97 Å². The van der Waals surface area contributed by atoms with E-state index in [9.17, 15) is 15.0 Å². The Morgan fingerprint density at radius 2 is 1.86 bits per heavy atom. The lowest BCUT2D eigenvalue weighted by Crippen LogP contribution is -2.64. The van der Waals surface area contributed by atoms with Crippen molar-refractivity contribution < 1.29 is 15.0 Å². The molecule has 0 spiro atoms. The van der Waals surface area contributed by atoms with Crippen LogP contribution in [0.3, 0.4) is 0 Å². The summed E-state index contributed by atoms with van der Waals surface area (Å²) in [5, 5.41) is 24.2. The molecule has 43 heavy (non-hydrogen) atoms. The number of anilines is 1. The number of nitrogens with zero attached hydrogens (tertiary/aromatic N) is 4. The van der Waals surface area contributed by atoms with Crippen LogP contribution in [0.1, 0.15) is 65.2 Å². The monoisotopic (exact) mass is 583 g/mol. The molecule has 228 valence electrons. The van der Waals surface area contributed by atoms with Gasteiger partial charge in [0, 0.05) is 43.2 Å². The number of aromatic nitrogens is 3. The number of carbonyl (C=O) groups excluding carboxylic acids is 1. The topological polar surface area (TPSA) is 106 Å². The molecule has 3 heterocycles. The van der Waals surface area contributed by atoms with Crippen LogP contribution in [-0.4, -0.2) is 79.8 Å². The lowest BCUT2D eigenvalue weighted by atomic mass is 9.45. The molecule has 11 atom stereocenters. The SMILES string of the molecule is C#C[C@]1(O)CC[C@H]2[C@@H]3CCC4=CC(=O)C(O)C(N5C[C@H]6CC(N(C)c7ncnc8[nH]ccc78)C[C@H]6C5)[C@]4(C)[C@H]3CC[C@@]21C. The molecule has 4 saturated carbocycles. The third-order valence-electron chi connectivity index (χ3n) is 13.9. The minimum atomic E-state index is -1.03. The summed E-state index contributed by atoms with van der Waals surface area (Å²) in [5.74, 6) is 5.93. The zero-order valence-corrected chi connectivity index (χ0v) is 25.7. The van der Waals surface area contributed by atoms with E-state index in [0.29, 0.717) is 42.1 Å². The highest BCUT2D eigenvalue weighted by molar-refractivity contribution is 5.96. The molecule has 0 amide bonds. The van der Waals surface area contributed by atoms with Crippen molar-refractivity contribution in [3.63, 3.8) is 0 Å². The average molecular weight is 584 g/mol. The first-order valence-corrected chi connectivity index (χ1v) is 16.5. The summed E-state index contributed by atoms with van der Waals surface area (Å²) in [7, 11) is 2.16. The Morgan fingerprint density at radius 3 is 2.60 bits per heavy atom. The van der Waals surface area contributed by atoms with Crippen LogP contribution >= 0.6 is 0 Å². The summed E-state index contributed by atoms with van der Waals surface area (Å²) in [4.78, 5) is 30.3. The van der Waals surface area contributed by atoms with Crippen LogP contribution in [0.4, 0.5) is 5.82 Å². The van der Waals surface area contributed by atoms with E-state index in [2.05, 4.69) is 57.6 Å². The average Bonchev–Trinajstić information content (AvgIpc) is 3.76. The van der Waals surface area contributed by atoms with E-state index in [1.54, 1.807) is 6.33 Å². The molecule has 2 aromatic heterocycles. The fourth-order valence-corrected chi connectivity index (χ4v) is 11.6. The van der Waals surface area contributed by atoms with Gasteiger partial charge in [-0.2, -0.15) is 0 Å². The lowest BCUT2D eigenvalue weighted by molar-refractivity contribution is -0.145. The molecule has 3 unspecified atom stereocenters. The molecule has 1 aliphatic heterocycles. The van der Waals surface area contributed by atoms with Crippen LogP contribution < -0.4 is 4.90 Å². The Hall–Kier alpha value is -2.73. The Bertz CT molecular complexity index is 1530. The van der Waals surface area contributed by atoms with Crippen LogP contribution in [0.25, 0.3) is 11.0 Å². The number of hydrogen-bond donors (Lipinski definition) is 3. The van der Waals surface area contributed by atoms with Gasteiger partial charge in [-0.05, 0) is 93.1 Å². The van der Waals surface area contributed by atoms with Crippen LogP contribution in [0.15, 0.2) is 30.2 Å². The Balaban J connectivity index is 1.05. The summed E-state index contributed by atoms with van der Waals surface area (Å²) < 4.78 is 0. The van der Waals surface area contributed by atoms with Gasteiger partial charge in [0.2, 0.25) is 0 Å². The molecule has 0 bridgehead atoms. The van der Waals surface area contributed by atoms with Crippen molar-refractivity contribution in [2.45, 2.75) is 89.0 Å². The zero-order valence-electron chi connectivity index (χ0n) is 25.7. The molecule has 8 heteroatoms. The predicted octanol–water partition coefficient (Wildman–Crippen LogP) is 3.95. The number of carbonyl (C=O) groups is 1. The Morgan fingerprint density at radius 1 is 1.12 bits per heavy atom. The number of aromatic amines is 1. The van der Waals surface area contributed by atoms with Gasteiger partial charge in [0.15, 0.2) is 5.78 Å². The van der Waals surface area contributed by atoms with Gasteiger partial charge in [-0.3, -0.25) is 9.69 Å². The maximum absolute atomic E-state index is 13.3. The second-order valence-electron chi connectivity index (χ2n) is 15.3. The Kier molecular flexibility index (Phi) is 6.07. The van der Waals surface area contributed by atoms with E-state index in [-0.39, 0.29) is 22.7 Å². The molecule has 1 saturated heterocycles. The first-order chi connectivity index (χ1) is 20.6. The molecule has 5 aliphatic carbocycles. The summed E-state index contributed by atoms with van der Waals surface area (Å²) in [6.07, 6.45) is 17.9. The minimum Gasteiger partial charge on any atom is -0.383 e. The number of nitrogens with one attached hydrogen (secondary N) is 1. The van der Waals surface area contributed by atoms with E-state index >= 15 is 0 Å². The van der Waals surface area contributed by atoms with Crippen molar-refractivity contribution in [2.75, 3.05) is 25.0 Å². The number of rotatable bonds is 3. The van der Waals surface area contributed by atoms with Gasteiger partial charge in [0.1, 0.15) is 29.5 Å². The van der Waals surface area contributed by atoms with Crippen LogP contribution in [0, 0.1) is 52.8 Å². The number of terminal acetylenes is 1. The standard InChI is InChI=1S/C35H45N5O3/c1-5-35(43)12-9-26-24-7-6-22-16-28(41)29(42)30(34(22,3)27(24)8-11-33(26,35)2)40-17-20-14-23(15-21(20)18-40)39(4)32-25-10-13-36-31(25)37-19-38-32/h1,10,13,16,19-21,23-24,26-27,29-30,42-43H,6-9,11-12,14-15,17-18H2,2-4H3,(H,36,37,38)/t20-,21+,23?,24-,26-,27-,29?,30?,33-,34-,35-/m0/s1. The summed E-state index contributed by atoms with van der Waals surface area (Å²) in [6, 6.07) is 2.25. The fourth-order valence-electron chi connectivity index (χ4n) is 11.6. The number of aliphatic hydroxyl groups excluding tert-OH is 1. The van der Waals surface area contributed by atoms with E-state index in [0.717, 1.165) is 74.9 Å².